The summed E-state index contributed by atoms with van der Waals surface area (Å²) < 4.78 is 10.1. The average Bonchev–Trinajstić information content (AvgIpc) is 2.03. The molecule has 0 bridgehead atoms. The first-order chi connectivity index (χ1) is 5.41. The van der Waals surface area contributed by atoms with E-state index in [0.717, 1.165) is 13.2 Å². The first kappa shape index (κ1) is 10.9. The molecule has 0 aromatic heterocycles. The molecule has 0 aliphatic rings. The van der Waals surface area contributed by atoms with Gasteiger partial charge in [-0.05, 0) is 19.9 Å². The van der Waals surface area contributed by atoms with Gasteiger partial charge in [0.15, 0.2) is 0 Å². The highest BCUT2D eigenvalue weighted by molar-refractivity contribution is 4.38. The average molecular weight is 161 g/mol. The number of nitrogens with one attached hydrogen (secondary N) is 1. The van der Waals surface area contributed by atoms with Gasteiger partial charge in [-0.2, -0.15) is 0 Å². The molecule has 11 heavy (non-hydrogen) atoms. The Morgan fingerprint density at radius 3 is 2.64 bits per heavy atom. The highest BCUT2D eigenvalue weighted by Crippen LogP contribution is 1.82. The summed E-state index contributed by atoms with van der Waals surface area (Å²) in [6.45, 7) is 6.86. The molecule has 0 aromatic carbocycles. The third-order valence-electron chi connectivity index (χ3n) is 1.28. The summed E-state index contributed by atoms with van der Waals surface area (Å²) in [4.78, 5) is 0. The minimum absolute atomic E-state index is 0.398. The largest absolute Gasteiger partial charge is 0.356 e. The highest BCUT2D eigenvalue weighted by atomic mass is 16.7. The second kappa shape index (κ2) is 9.88. The molecule has 0 amide bonds. The number of hydrogen-bond donors (Lipinski definition) is 1. The number of unbranched alkanes of at least 4 members (excludes halogenated alkanes) is 1. The van der Waals surface area contributed by atoms with Crippen LogP contribution in [0, 0.1) is 0 Å². The van der Waals surface area contributed by atoms with Crippen LogP contribution in [-0.2, 0) is 9.47 Å². The van der Waals surface area contributed by atoms with E-state index in [1.165, 1.54) is 12.8 Å². The Hall–Kier alpha value is -0.120. The van der Waals surface area contributed by atoms with Gasteiger partial charge < -0.3 is 9.47 Å². The minimum atomic E-state index is 0.398. The molecule has 0 atom stereocenters. The molecule has 68 valence electrons. The zero-order valence-electron chi connectivity index (χ0n) is 7.56. The van der Waals surface area contributed by atoms with Crippen LogP contribution >= 0.6 is 0 Å². The first-order valence-corrected chi connectivity index (χ1v) is 4.28. The Balaban J connectivity index is 2.69. The van der Waals surface area contributed by atoms with Crippen LogP contribution in [0.2, 0.25) is 0 Å². The van der Waals surface area contributed by atoms with Crippen LogP contribution in [0.3, 0.4) is 0 Å². The molecule has 0 aromatic rings. The molecule has 0 aliphatic carbocycles. The lowest BCUT2D eigenvalue weighted by Crippen LogP contribution is -2.19. The van der Waals surface area contributed by atoms with E-state index in [-0.39, 0.29) is 0 Å². The Labute approximate surface area is 69.1 Å². The molecule has 0 fully saturated rings. The van der Waals surface area contributed by atoms with E-state index in [0.29, 0.717) is 13.5 Å². The van der Waals surface area contributed by atoms with Crippen molar-refractivity contribution in [3.05, 3.63) is 0 Å². The lowest BCUT2D eigenvalue weighted by molar-refractivity contribution is -0.0551. The van der Waals surface area contributed by atoms with Crippen molar-refractivity contribution in [1.82, 2.24) is 5.32 Å². The van der Waals surface area contributed by atoms with Gasteiger partial charge in [0, 0.05) is 6.61 Å². The van der Waals surface area contributed by atoms with Crippen molar-refractivity contribution in [3.63, 3.8) is 0 Å². The maximum atomic E-state index is 5.09. The lowest BCUT2D eigenvalue weighted by Gasteiger charge is -2.04. The smallest absolute Gasteiger partial charge is 0.148 e. The lowest BCUT2D eigenvalue weighted by atomic mass is 10.3. The fourth-order valence-electron chi connectivity index (χ4n) is 0.630. The van der Waals surface area contributed by atoms with Crippen molar-refractivity contribution in [3.8, 4) is 0 Å². The van der Waals surface area contributed by atoms with Crippen LogP contribution in [-0.4, -0.2) is 26.7 Å². The molecule has 0 saturated carbocycles. The van der Waals surface area contributed by atoms with E-state index in [2.05, 4.69) is 12.2 Å². The van der Waals surface area contributed by atoms with E-state index < -0.39 is 0 Å². The van der Waals surface area contributed by atoms with Gasteiger partial charge in [-0.1, -0.05) is 13.3 Å². The molecule has 0 unspecified atom stereocenters. The summed E-state index contributed by atoms with van der Waals surface area (Å²) in [5, 5.41) is 3.14. The van der Waals surface area contributed by atoms with Gasteiger partial charge >= 0.3 is 0 Å². The van der Waals surface area contributed by atoms with Crippen LogP contribution in [0.15, 0.2) is 0 Å². The minimum Gasteiger partial charge on any atom is -0.356 e. The molecule has 0 spiro atoms. The molecule has 0 saturated heterocycles. The van der Waals surface area contributed by atoms with Crippen LogP contribution in [0.1, 0.15) is 26.7 Å². The molecule has 3 nitrogen and oxygen atoms in total. The third kappa shape index (κ3) is 9.88. The molecule has 0 aliphatic heterocycles. The third-order valence-corrected chi connectivity index (χ3v) is 1.28. The normalized spacial score (nSPS) is 10.4. The second-order valence-corrected chi connectivity index (χ2v) is 2.31. The van der Waals surface area contributed by atoms with E-state index in [9.17, 15) is 0 Å². The van der Waals surface area contributed by atoms with E-state index in [1.54, 1.807) is 0 Å². The van der Waals surface area contributed by atoms with Crippen LogP contribution in [0.5, 0.6) is 0 Å². The first-order valence-electron chi connectivity index (χ1n) is 4.28. The molecule has 1 N–H and O–H groups in total. The SMILES string of the molecule is CCCCNCOCOCC. The standard InChI is InChI=1S/C8H19NO2/c1-3-5-6-9-7-11-8-10-4-2/h9H,3-8H2,1-2H3. The van der Waals surface area contributed by atoms with Gasteiger partial charge in [0.25, 0.3) is 0 Å². The molecule has 0 radical (unpaired) electrons. The van der Waals surface area contributed by atoms with E-state index >= 15 is 0 Å². The monoisotopic (exact) mass is 161 g/mol. The van der Waals surface area contributed by atoms with Gasteiger partial charge in [-0.25, -0.2) is 0 Å². The van der Waals surface area contributed by atoms with E-state index in [4.69, 9.17) is 9.47 Å². The number of ether oxygens (including phenoxy) is 2. The topological polar surface area (TPSA) is 30.5 Å². The Kier molecular flexibility index (Phi) is 9.77. The van der Waals surface area contributed by atoms with Crippen molar-refractivity contribution in [1.29, 1.82) is 0 Å². The zero-order chi connectivity index (χ0) is 8.36. The van der Waals surface area contributed by atoms with Crippen molar-refractivity contribution in [2.45, 2.75) is 26.7 Å². The molecular formula is C8H19NO2. The molecule has 0 rings (SSSR count). The number of hydrogen-bond acceptors (Lipinski definition) is 3. The second-order valence-electron chi connectivity index (χ2n) is 2.31. The van der Waals surface area contributed by atoms with Gasteiger partial charge in [0.05, 0.1) is 6.73 Å². The number of rotatable bonds is 8. The van der Waals surface area contributed by atoms with Crippen molar-refractivity contribution in [2.75, 3.05) is 26.7 Å². The predicted octanol–water partition coefficient (Wildman–Crippen LogP) is 1.34. The maximum Gasteiger partial charge on any atom is 0.148 e. The maximum absolute atomic E-state index is 5.09. The van der Waals surface area contributed by atoms with Gasteiger partial charge in [-0.3, -0.25) is 5.32 Å². The highest BCUT2D eigenvalue weighted by Gasteiger charge is 1.85. The van der Waals surface area contributed by atoms with Gasteiger partial charge in [0.1, 0.15) is 6.79 Å². The van der Waals surface area contributed by atoms with Crippen molar-refractivity contribution in [2.24, 2.45) is 0 Å². The van der Waals surface area contributed by atoms with Crippen molar-refractivity contribution < 1.29 is 9.47 Å². The van der Waals surface area contributed by atoms with Gasteiger partial charge in [0.2, 0.25) is 0 Å². The Morgan fingerprint density at radius 2 is 2.00 bits per heavy atom. The summed E-state index contributed by atoms with van der Waals surface area (Å²) in [5.74, 6) is 0. The Morgan fingerprint density at radius 1 is 1.18 bits per heavy atom. The van der Waals surface area contributed by atoms with E-state index in [1.807, 2.05) is 6.92 Å². The summed E-state index contributed by atoms with van der Waals surface area (Å²) in [7, 11) is 0. The summed E-state index contributed by atoms with van der Waals surface area (Å²) in [6.07, 6.45) is 2.43. The van der Waals surface area contributed by atoms with Crippen LogP contribution in [0.25, 0.3) is 0 Å². The quantitative estimate of drug-likeness (QED) is 0.430. The summed E-state index contributed by atoms with van der Waals surface area (Å²) >= 11 is 0. The zero-order valence-corrected chi connectivity index (χ0v) is 7.56. The molecular weight excluding hydrogens is 142 g/mol. The van der Waals surface area contributed by atoms with Gasteiger partial charge in [-0.15, -0.1) is 0 Å². The fourth-order valence-corrected chi connectivity index (χ4v) is 0.630. The fraction of sp³-hybridized carbons (Fsp3) is 1.00. The molecule has 0 heterocycles. The predicted molar refractivity (Wildman–Crippen MR) is 45.4 cm³/mol. The summed E-state index contributed by atoms with van der Waals surface area (Å²) in [6, 6.07) is 0. The van der Waals surface area contributed by atoms with Crippen LogP contribution < -0.4 is 5.32 Å². The summed E-state index contributed by atoms with van der Waals surface area (Å²) in [5.41, 5.74) is 0. The Bertz CT molecular complexity index is 61.1. The van der Waals surface area contributed by atoms with Crippen LogP contribution in [0.4, 0.5) is 0 Å². The van der Waals surface area contributed by atoms with Crippen molar-refractivity contribution >= 4 is 0 Å². The molecule has 3 heteroatoms.